The molecule has 0 aliphatic carbocycles. The first kappa shape index (κ1) is 10.4. The molecule has 0 radical (unpaired) electrons. The summed E-state index contributed by atoms with van der Waals surface area (Å²) in [4.78, 5) is 15.2. The number of nitrogen functional groups attached to an aromatic ring is 1. The van der Waals surface area contributed by atoms with E-state index in [2.05, 4.69) is 10.1 Å². The number of hydrogen-bond acceptors (Lipinski definition) is 4. The van der Waals surface area contributed by atoms with Crippen molar-refractivity contribution < 1.29 is 9.90 Å². The van der Waals surface area contributed by atoms with E-state index in [9.17, 15) is 4.79 Å². The van der Waals surface area contributed by atoms with Gasteiger partial charge in [-0.15, -0.1) is 0 Å². The van der Waals surface area contributed by atoms with Crippen LogP contribution in [0.25, 0.3) is 5.65 Å². The van der Waals surface area contributed by atoms with Crippen LogP contribution < -0.4 is 5.73 Å². The summed E-state index contributed by atoms with van der Waals surface area (Å²) < 4.78 is 1.33. The molecule has 0 atom stereocenters. The molecule has 6 nitrogen and oxygen atoms in total. The minimum Gasteiger partial charge on any atom is -0.477 e. The Bertz CT molecular complexity index is 559. The standard InChI is InChI=1S/C10H12N4O2/c1-5(2)7-3-8(11)14-9(13-7)6(4-12-14)10(15)16/h3-5H,11H2,1-2H3,(H,15,16). The van der Waals surface area contributed by atoms with Crippen LogP contribution in [-0.2, 0) is 0 Å². The SMILES string of the molecule is CC(C)c1cc(N)n2ncc(C(=O)O)c2n1. The Hall–Kier alpha value is -2.11. The maximum absolute atomic E-state index is 10.9. The van der Waals surface area contributed by atoms with Crippen molar-refractivity contribution in [1.82, 2.24) is 14.6 Å². The molecular formula is C10H12N4O2. The molecule has 0 aromatic carbocycles. The summed E-state index contributed by atoms with van der Waals surface area (Å²) in [6.45, 7) is 3.93. The molecule has 0 unspecified atom stereocenters. The summed E-state index contributed by atoms with van der Waals surface area (Å²) >= 11 is 0. The molecule has 16 heavy (non-hydrogen) atoms. The lowest BCUT2D eigenvalue weighted by atomic mass is 10.1. The molecule has 0 saturated heterocycles. The average molecular weight is 220 g/mol. The Labute approximate surface area is 91.7 Å². The maximum Gasteiger partial charge on any atom is 0.341 e. The number of hydrogen-bond donors (Lipinski definition) is 2. The molecule has 3 N–H and O–H groups in total. The number of nitrogens with two attached hydrogens (primary N) is 1. The first-order valence-corrected chi connectivity index (χ1v) is 4.88. The molecule has 0 fully saturated rings. The van der Waals surface area contributed by atoms with Crippen molar-refractivity contribution in [2.75, 3.05) is 5.73 Å². The van der Waals surface area contributed by atoms with E-state index in [4.69, 9.17) is 10.8 Å². The highest BCUT2D eigenvalue weighted by Gasteiger charge is 2.15. The van der Waals surface area contributed by atoms with Gasteiger partial charge in [-0.2, -0.15) is 9.61 Å². The number of fused-ring (bicyclic) bond motifs is 1. The third-order valence-electron chi connectivity index (χ3n) is 2.34. The summed E-state index contributed by atoms with van der Waals surface area (Å²) in [5, 5.41) is 12.8. The van der Waals surface area contributed by atoms with Crippen LogP contribution in [0.2, 0.25) is 0 Å². The first-order chi connectivity index (χ1) is 7.50. The molecule has 2 aromatic rings. The zero-order valence-electron chi connectivity index (χ0n) is 9.01. The van der Waals surface area contributed by atoms with E-state index >= 15 is 0 Å². The van der Waals surface area contributed by atoms with Crippen LogP contribution in [0.5, 0.6) is 0 Å². The number of carboxylic acid groups (broad SMARTS) is 1. The Morgan fingerprint density at radius 1 is 1.56 bits per heavy atom. The van der Waals surface area contributed by atoms with Gasteiger partial charge in [0.05, 0.1) is 6.20 Å². The summed E-state index contributed by atoms with van der Waals surface area (Å²) in [5.74, 6) is -0.479. The smallest absolute Gasteiger partial charge is 0.341 e. The van der Waals surface area contributed by atoms with Gasteiger partial charge in [0.2, 0.25) is 0 Å². The molecule has 0 bridgehead atoms. The number of aromatic carboxylic acids is 1. The van der Waals surface area contributed by atoms with Crippen molar-refractivity contribution in [3.8, 4) is 0 Å². The van der Waals surface area contributed by atoms with Crippen LogP contribution in [0.1, 0.15) is 35.8 Å². The largest absolute Gasteiger partial charge is 0.477 e. The van der Waals surface area contributed by atoms with Crippen LogP contribution in [0, 0.1) is 0 Å². The molecule has 0 aliphatic rings. The van der Waals surface area contributed by atoms with E-state index < -0.39 is 5.97 Å². The fraction of sp³-hybridized carbons (Fsp3) is 0.300. The lowest BCUT2D eigenvalue weighted by Gasteiger charge is -2.07. The highest BCUT2D eigenvalue weighted by Crippen LogP contribution is 2.18. The third kappa shape index (κ3) is 1.48. The normalized spacial score (nSPS) is 11.2. The second-order valence-corrected chi connectivity index (χ2v) is 3.86. The molecule has 6 heteroatoms. The van der Waals surface area contributed by atoms with Gasteiger partial charge in [0.1, 0.15) is 11.4 Å². The van der Waals surface area contributed by atoms with Gasteiger partial charge in [0.25, 0.3) is 0 Å². The average Bonchev–Trinajstić information content (AvgIpc) is 2.61. The molecule has 2 aromatic heterocycles. The van der Waals surface area contributed by atoms with E-state index in [1.54, 1.807) is 6.07 Å². The van der Waals surface area contributed by atoms with Crippen molar-refractivity contribution in [3.05, 3.63) is 23.5 Å². The van der Waals surface area contributed by atoms with Gasteiger partial charge in [-0.25, -0.2) is 9.78 Å². The lowest BCUT2D eigenvalue weighted by molar-refractivity contribution is 0.0699. The van der Waals surface area contributed by atoms with Crippen molar-refractivity contribution >= 4 is 17.4 Å². The van der Waals surface area contributed by atoms with Crippen LogP contribution in [0.3, 0.4) is 0 Å². The second-order valence-electron chi connectivity index (χ2n) is 3.86. The minimum atomic E-state index is -1.05. The van der Waals surface area contributed by atoms with E-state index in [1.807, 2.05) is 13.8 Å². The number of anilines is 1. The summed E-state index contributed by atoms with van der Waals surface area (Å²) in [6, 6.07) is 1.70. The van der Waals surface area contributed by atoms with Crippen molar-refractivity contribution in [3.63, 3.8) is 0 Å². The Balaban J connectivity index is 2.76. The zero-order chi connectivity index (χ0) is 11.9. The second kappa shape index (κ2) is 3.48. The predicted molar refractivity (Wildman–Crippen MR) is 58.4 cm³/mol. The monoisotopic (exact) mass is 220 g/mol. The summed E-state index contributed by atoms with van der Waals surface area (Å²) in [7, 11) is 0. The van der Waals surface area contributed by atoms with E-state index in [0.717, 1.165) is 5.69 Å². The molecule has 0 aliphatic heterocycles. The van der Waals surface area contributed by atoms with Crippen molar-refractivity contribution in [1.29, 1.82) is 0 Å². The third-order valence-corrected chi connectivity index (χ3v) is 2.34. The molecular weight excluding hydrogens is 208 g/mol. The van der Waals surface area contributed by atoms with Crippen LogP contribution in [-0.4, -0.2) is 25.7 Å². The minimum absolute atomic E-state index is 0.0641. The van der Waals surface area contributed by atoms with Gasteiger partial charge in [-0.3, -0.25) is 0 Å². The van der Waals surface area contributed by atoms with Gasteiger partial charge in [-0.1, -0.05) is 13.8 Å². The first-order valence-electron chi connectivity index (χ1n) is 4.88. The fourth-order valence-corrected chi connectivity index (χ4v) is 1.45. The molecule has 0 saturated carbocycles. The van der Waals surface area contributed by atoms with Crippen molar-refractivity contribution in [2.45, 2.75) is 19.8 Å². The van der Waals surface area contributed by atoms with Crippen LogP contribution in [0.15, 0.2) is 12.3 Å². The zero-order valence-corrected chi connectivity index (χ0v) is 9.01. The van der Waals surface area contributed by atoms with Crippen LogP contribution in [0.4, 0.5) is 5.82 Å². The van der Waals surface area contributed by atoms with Gasteiger partial charge in [0.15, 0.2) is 5.65 Å². The van der Waals surface area contributed by atoms with Gasteiger partial charge >= 0.3 is 5.97 Å². The number of carbonyl (C=O) groups is 1. The van der Waals surface area contributed by atoms with Crippen molar-refractivity contribution in [2.24, 2.45) is 0 Å². The van der Waals surface area contributed by atoms with E-state index in [0.29, 0.717) is 5.82 Å². The quantitative estimate of drug-likeness (QED) is 0.791. The molecule has 84 valence electrons. The fourth-order valence-electron chi connectivity index (χ4n) is 1.45. The predicted octanol–water partition coefficient (Wildman–Crippen LogP) is 1.13. The molecule has 2 rings (SSSR count). The number of nitrogens with zero attached hydrogens (tertiary/aromatic N) is 3. The van der Waals surface area contributed by atoms with Gasteiger partial charge in [-0.05, 0) is 5.92 Å². The number of aromatic nitrogens is 3. The topological polar surface area (TPSA) is 93.5 Å². The highest BCUT2D eigenvalue weighted by molar-refractivity contribution is 5.94. The Morgan fingerprint density at radius 3 is 2.81 bits per heavy atom. The highest BCUT2D eigenvalue weighted by atomic mass is 16.4. The maximum atomic E-state index is 10.9. The Morgan fingerprint density at radius 2 is 2.25 bits per heavy atom. The van der Waals surface area contributed by atoms with Gasteiger partial charge in [0, 0.05) is 11.8 Å². The van der Waals surface area contributed by atoms with Crippen LogP contribution >= 0.6 is 0 Å². The molecule has 0 spiro atoms. The number of rotatable bonds is 2. The lowest BCUT2D eigenvalue weighted by Crippen LogP contribution is -2.05. The molecule has 2 heterocycles. The van der Waals surface area contributed by atoms with Gasteiger partial charge < -0.3 is 10.8 Å². The number of carboxylic acids is 1. The van der Waals surface area contributed by atoms with E-state index in [1.165, 1.54) is 10.7 Å². The van der Waals surface area contributed by atoms with E-state index in [-0.39, 0.29) is 17.1 Å². The molecule has 0 amide bonds. The Kier molecular flexibility index (Phi) is 2.26. The summed E-state index contributed by atoms with van der Waals surface area (Å²) in [5.41, 5.74) is 6.89. The summed E-state index contributed by atoms with van der Waals surface area (Å²) in [6.07, 6.45) is 1.26.